The molecule has 0 radical (unpaired) electrons. The van der Waals surface area contributed by atoms with Crippen LogP contribution >= 0.6 is 7.60 Å². The number of allylic oxidation sites excluding steroid dienone is 5. The van der Waals surface area contributed by atoms with Gasteiger partial charge < -0.3 is 20.0 Å². The fraction of sp³-hybridized carbons (Fsp3) is 0.690. The summed E-state index contributed by atoms with van der Waals surface area (Å²) in [6.45, 7) is 11.8. The fourth-order valence-electron chi connectivity index (χ4n) is 7.29. The van der Waals surface area contributed by atoms with Crippen molar-refractivity contribution in [3.63, 3.8) is 0 Å². The van der Waals surface area contributed by atoms with E-state index in [-0.39, 0.29) is 24.2 Å². The highest BCUT2D eigenvalue weighted by molar-refractivity contribution is 7.54. The number of carbonyl (C=O) groups is 1. The Morgan fingerprint density at radius 3 is 2.50 bits per heavy atom. The zero-order chi connectivity index (χ0) is 26.9. The highest BCUT2D eigenvalue weighted by Gasteiger charge is 2.51. The van der Waals surface area contributed by atoms with Crippen molar-refractivity contribution < 1.29 is 29.4 Å². The number of ketones is 1. The second-order valence-corrected chi connectivity index (χ2v) is 13.5. The van der Waals surface area contributed by atoms with Gasteiger partial charge in [-0.05, 0) is 91.8 Å². The molecule has 0 heterocycles. The van der Waals surface area contributed by atoms with Crippen LogP contribution in [0, 0.1) is 23.2 Å². The molecule has 36 heavy (non-hydrogen) atoms. The van der Waals surface area contributed by atoms with E-state index in [1.54, 1.807) is 13.8 Å². The van der Waals surface area contributed by atoms with Gasteiger partial charge in [0.1, 0.15) is 5.16 Å². The molecule has 0 amide bonds. The molecule has 0 aromatic rings. The molecule has 0 aromatic heterocycles. The van der Waals surface area contributed by atoms with Gasteiger partial charge in [-0.3, -0.25) is 9.36 Å². The molecule has 3 fully saturated rings. The molecule has 0 bridgehead atoms. The normalized spacial score (nSPS) is 34.9. The Kier molecular flexibility index (Phi) is 9.11. The van der Waals surface area contributed by atoms with Crippen molar-refractivity contribution in [2.24, 2.45) is 23.2 Å². The van der Waals surface area contributed by atoms with Gasteiger partial charge in [-0.15, -0.1) is 0 Å². The molecule has 1 unspecified atom stereocenters. The minimum atomic E-state index is -4.58. The molecule has 7 heteroatoms. The van der Waals surface area contributed by atoms with Gasteiger partial charge in [-0.25, -0.2) is 0 Å². The second kappa shape index (κ2) is 11.2. The summed E-state index contributed by atoms with van der Waals surface area (Å²) in [6.07, 6.45) is 12.8. The monoisotopic (exact) mass is 520 g/mol. The number of aliphatic hydroxyl groups is 2. The summed E-state index contributed by atoms with van der Waals surface area (Å²) in [5.74, 6) is 0.462. The molecule has 0 spiro atoms. The molecule has 3 aliphatic rings. The van der Waals surface area contributed by atoms with Crippen LogP contribution in [-0.2, 0) is 9.36 Å². The van der Waals surface area contributed by atoms with Crippen LogP contribution in [0.5, 0.6) is 0 Å². The third-order valence-corrected chi connectivity index (χ3v) is 11.6. The van der Waals surface area contributed by atoms with Crippen LogP contribution in [0.15, 0.2) is 47.6 Å². The van der Waals surface area contributed by atoms with Crippen LogP contribution < -0.4 is 0 Å². The summed E-state index contributed by atoms with van der Waals surface area (Å²) in [6, 6.07) is 0. The molecule has 3 rings (SSSR count). The highest BCUT2D eigenvalue weighted by Crippen LogP contribution is 2.60. The maximum absolute atomic E-state index is 13.0. The van der Waals surface area contributed by atoms with Gasteiger partial charge in [0.15, 0.2) is 5.78 Å². The van der Waals surface area contributed by atoms with Gasteiger partial charge in [-0.1, -0.05) is 58.1 Å². The van der Waals surface area contributed by atoms with Crippen molar-refractivity contribution in [1.82, 2.24) is 0 Å². The van der Waals surface area contributed by atoms with Crippen molar-refractivity contribution in [3.05, 3.63) is 47.6 Å². The largest absolute Gasteiger partial charge is 0.393 e. The predicted molar refractivity (Wildman–Crippen MR) is 143 cm³/mol. The van der Waals surface area contributed by atoms with Crippen molar-refractivity contribution in [2.45, 2.75) is 103 Å². The van der Waals surface area contributed by atoms with Gasteiger partial charge in [0, 0.05) is 6.42 Å². The Labute approximate surface area is 216 Å². The minimum absolute atomic E-state index is 0.0911. The summed E-state index contributed by atoms with van der Waals surface area (Å²) >= 11 is 0. The Hall–Kier alpha value is -1.30. The Balaban J connectivity index is 1.79. The smallest absolute Gasteiger partial charge is 0.339 e. The van der Waals surface area contributed by atoms with E-state index in [2.05, 4.69) is 26.5 Å². The van der Waals surface area contributed by atoms with Crippen LogP contribution in [0.1, 0.15) is 85.5 Å². The van der Waals surface area contributed by atoms with Crippen LogP contribution in [0.2, 0.25) is 0 Å². The van der Waals surface area contributed by atoms with Crippen LogP contribution in [0.25, 0.3) is 0 Å². The zero-order valence-corrected chi connectivity index (χ0v) is 23.2. The van der Waals surface area contributed by atoms with E-state index < -0.39 is 30.7 Å². The molecule has 0 aliphatic heterocycles. The van der Waals surface area contributed by atoms with E-state index in [9.17, 15) is 29.4 Å². The SMILES string of the molecule is C=C1/C(=C\C=C2/CCC[C@@]3(C)C2CC[C@@H]3[C@H](C)/C=C/C(=O)C(CC)(CC)P(=O)(O)O)C[C@@H](O)C[C@@H]1O. The van der Waals surface area contributed by atoms with Gasteiger partial charge in [0.05, 0.1) is 12.2 Å². The molecule has 4 N–H and O–H groups in total. The van der Waals surface area contributed by atoms with Crippen LogP contribution in [-0.4, -0.2) is 43.1 Å². The first-order chi connectivity index (χ1) is 16.8. The maximum atomic E-state index is 13.0. The average Bonchev–Trinajstić information content (AvgIpc) is 3.16. The van der Waals surface area contributed by atoms with E-state index in [1.807, 2.05) is 12.2 Å². The van der Waals surface area contributed by atoms with Crippen molar-refractivity contribution in [3.8, 4) is 0 Å². The maximum Gasteiger partial charge on any atom is 0.339 e. The lowest BCUT2D eigenvalue weighted by atomic mass is 9.61. The van der Waals surface area contributed by atoms with E-state index in [0.29, 0.717) is 30.3 Å². The lowest BCUT2D eigenvalue weighted by Gasteiger charge is -2.44. The molecule has 0 aromatic carbocycles. The average molecular weight is 521 g/mol. The number of aliphatic hydroxyl groups excluding tert-OH is 2. The van der Waals surface area contributed by atoms with E-state index in [0.717, 1.165) is 37.7 Å². The van der Waals surface area contributed by atoms with Crippen LogP contribution in [0.3, 0.4) is 0 Å². The van der Waals surface area contributed by atoms with Crippen molar-refractivity contribution >= 4 is 13.4 Å². The lowest BCUT2D eigenvalue weighted by molar-refractivity contribution is -0.117. The summed E-state index contributed by atoms with van der Waals surface area (Å²) in [5, 5.41) is 18.6. The van der Waals surface area contributed by atoms with Gasteiger partial charge in [-0.2, -0.15) is 0 Å². The molecule has 6 nitrogen and oxygen atoms in total. The third kappa shape index (κ3) is 5.44. The topological polar surface area (TPSA) is 115 Å². The molecule has 6 atom stereocenters. The first-order valence-electron chi connectivity index (χ1n) is 13.5. The van der Waals surface area contributed by atoms with Crippen molar-refractivity contribution in [2.75, 3.05) is 0 Å². The number of hydrogen-bond donors (Lipinski definition) is 4. The number of rotatable bonds is 8. The standard InChI is InChI=1S/C29H45O6P/c1-6-29(7-2,36(33,34)35)27(32)15-10-19(3)24-13-14-25-21(9-8-16-28(24,25)5)11-12-22-17-23(30)18-26(31)20(22)4/h10-12,15,19,23-26,30-31H,4,6-9,13-14,16-18H2,1-3,5H3,(H2,33,34,35)/b15-10+,21-11+,22-12-/t19-,23-,24-,25?,26+,28-/m1/s1. The van der Waals surface area contributed by atoms with Gasteiger partial charge in [0.25, 0.3) is 0 Å². The summed E-state index contributed by atoms with van der Waals surface area (Å²) < 4.78 is 12.2. The fourth-order valence-corrected chi connectivity index (χ4v) is 8.48. The Morgan fingerprint density at radius 2 is 1.89 bits per heavy atom. The highest BCUT2D eigenvalue weighted by atomic mass is 31.2. The molecule has 0 saturated heterocycles. The lowest BCUT2D eigenvalue weighted by Crippen LogP contribution is -2.37. The summed E-state index contributed by atoms with van der Waals surface area (Å²) in [7, 11) is -4.58. The predicted octanol–water partition coefficient (Wildman–Crippen LogP) is 5.63. The van der Waals surface area contributed by atoms with Gasteiger partial charge >= 0.3 is 7.60 Å². The number of carbonyl (C=O) groups excluding carboxylic acids is 1. The van der Waals surface area contributed by atoms with E-state index in [1.165, 1.54) is 11.6 Å². The summed E-state index contributed by atoms with van der Waals surface area (Å²) in [5.41, 5.74) is 3.12. The molecular weight excluding hydrogens is 475 g/mol. The Bertz CT molecular complexity index is 984. The first kappa shape index (κ1) is 29.3. The first-order valence-corrected chi connectivity index (χ1v) is 15.1. The van der Waals surface area contributed by atoms with Gasteiger partial charge in [0.2, 0.25) is 0 Å². The third-order valence-electron chi connectivity index (χ3n) is 9.67. The number of hydrogen-bond acceptors (Lipinski definition) is 4. The zero-order valence-electron chi connectivity index (χ0n) is 22.3. The number of fused-ring (bicyclic) bond motifs is 1. The summed E-state index contributed by atoms with van der Waals surface area (Å²) in [4.78, 5) is 32.8. The molecule has 3 saturated carbocycles. The Morgan fingerprint density at radius 1 is 1.22 bits per heavy atom. The van der Waals surface area contributed by atoms with Crippen LogP contribution in [0.4, 0.5) is 0 Å². The molecule has 3 aliphatic carbocycles. The minimum Gasteiger partial charge on any atom is -0.393 e. The van der Waals surface area contributed by atoms with E-state index in [4.69, 9.17) is 0 Å². The van der Waals surface area contributed by atoms with Crippen molar-refractivity contribution in [1.29, 1.82) is 0 Å². The molecular formula is C29H45O6P. The second-order valence-electron chi connectivity index (χ2n) is 11.5. The van der Waals surface area contributed by atoms with E-state index >= 15 is 0 Å². The molecule has 202 valence electrons. The quantitative estimate of drug-likeness (QED) is 0.244.